The van der Waals surface area contributed by atoms with Crippen LogP contribution in [-0.4, -0.2) is 25.7 Å². The average Bonchev–Trinajstić information content (AvgIpc) is 2.25. The van der Waals surface area contributed by atoms with Gasteiger partial charge in [-0.2, -0.15) is 0 Å². The third kappa shape index (κ3) is 2.94. The number of hydrogen-bond acceptors (Lipinski definition) is 5. The van der Waals surface area contributed by atoms with Gasteiger partial charge in [0.15, 0.2) is 6.61 Å². The first-order valence-corrected chi connectivity index (χ1v) is 4.33. The zero-order valence-electron chi connectivity index (χ0n) is 8.53. The molecule has 0 spiro atoms. The molecule has 0 aromatic heterocycles. The summed E-state index contributed by atoms with van der Waals surface area (Å²) in [5.74, 6) is -2.04. The monoisotopic (exact) mass is 227 g/mol. The van der Waals surface area contributed by atoms with Gasteiger partial charge in [-0.25, -0.2) is 14.0 Å². The van der Waals surface area contributed by atoms with Crippen LogP contribution in [-0.2, 0) is 14.3 Å². The Morgan fingerprint density at radius 3 is 2.69 bits per heavy atom. The molecule has 0 aliphatic carbocycles. The molecule has 0 atom stereocenters. The van der Waals surface area contributed by atoms with Crippen molar-refractivity contribution >= 4 is 17.6 Å². The molecule has 0 saturated carbocycles. The average molecular weight is 227 g/mol. The minimum atomic E-state index is -0.803. The number of benzene rings is 1. The molecule has 0 amide bonds. The van der Waals surface area contributed by atoms with Crippen molar-refractivity contribution in [1.29, 1.82) is 0 Å². The summed E-state index contributed by atoms with van der Waals surface area (Å²) in [6.07, 6.45) is 0. The molecule has 0 fully saturated rings. The second kappa shape index (κ2) is 5.11. The number of anilines is 1. The number of halogens is 1. The van der Waals surface area contributed by atoms with E-state index >= 15 is 0 Å². The Morgan fingerprint density at radius 1 is 1.44 bits per heavy atom. The number of methoxy groups -OCH3 is 1. The number of hydrogen-bond donors (Lipinski definition) is 1. The predicted molar refractivity (Wildman–Crippen MR) is 53.1 cm³/mol. The van der Waals surface area contributed by atoms with Gasteiger partial charge in [-0.1, -0.05) is 0 Å². The first-order valence-electron chi connectivity index (χ1n) is 4.33. The Hall–Kier alpha value is -2.11. The molecule has 0 heterocycles. The maximum absolute atomic E-state index is 12.7. The molecule has 86 valence electrons. The maximum atomic E-state index is 12.7. The van der Waals surface area contributed by atoms with Crippen LogP contribution in [0.4, 0.5) is 10.1 Å². The molecule has 0 aliphatic heterocycles. The number of nitrogen functional groups attached to an aromatic ring is 1. The number of carbonyl (C=O) groups is 2. The second-order valence-corrected chi connectivity index (χ2v) is 2.88. The van der Waals surface area contributed by atoms with Crippen molar-refractivity contribution in [1.82, 2.24) is 0 Å². The van der Waals surface area contributed by atoms with Crippen molar-refractivity contribution in [2.75, 3.05) is 19.5 Å². The highest BCUT2D eigenvalue weighted by Gasteiger charge is 2.13. The van der Waals surface area contributed by atoms with Crippen LogP contribution in [0.5, 0.6) is 0 Å². The SMILES string of the molecule is COC(=O)COC(=O)c1ccc(F)cc1N. The van der Waals surface area contributed by atoms with E-state index in [1.807, 2.05) is 0 Å². The molecule has 0 unspecified atom stereocenters. The van der Waals surface area contributed by atoms with E-state index in [9.17, 15) is 14.0 Å². The lowest BCUT2D eigenvalue weighted by Gasteiger charge is -2.05. The smallest absolute Gasteiger partial charge is 0.344 e. The summed E-state index contributed by atoms with van der Waals surface area (Å²) in [5.41, 5.74) is 5.36. The number of nitrogens with two attached hydrogens (primary N) is 1. The standard InChI is InChI=1S/C10H10FNO4/c1-15-9(13)5-16-10(14)7-3-2-6(11)4-8(7)12/h2-4H,5,12H2,1H3. The summed E-state index contributed by atoms with van der Waals surface area (Å²) in [5, 5.41) is 0. The van der Waals surface area contributed by atoms with Crippen molar-refractivity contribution in [3.05, 3.63) is 29.6 Å². The minimum Gasteiger partial charge on any atom is -0.466 e. The van der Waals surface area contributed by atoms with Crippen LogP contribution < -0.4 is 5.73 Å². The van der Waals surface area contributed by atoms with Crippen LogP contribution in [0, 0.1) is 5.82 Å². The molecular formula is C10H10FNO4. The van der Waals surface area contributed by atoms with E-state index in [0.717, 1.165) is 12.1 Å². The van der Waals surface area contributed by atoms with Crippen molar-refractivity contribution in [2.45, 2.75) is 0 Å². The first-order chi connectivity index (χ1) is 7.54. The van der Waals surface area contributed by atoms with E-state index in [4.69, 9.17) is 5.73 Å². The van der Waals surface area contributed by atoms with Gasteiger partial charge in [0.2, 0.25) is 0 Å². The van der Waals surface area contributed by atoms with E-state index < -0.39 is 24.4 Å². The first kappa shape index (κ1) is 12.0. The van der Waals surface area contributed by atoms with Gasteiger partial charge >= 0.3 is 11.9 Å². The van der Waals surface area contributed by atoms with Crippen LogP contribution in [0.1, 0.15) is 10.4 Å². The van der Waals surface area contributed by atoms with Gasteiger partial charge in [-0.15, -0.1) is 0 Å². The van der Waals surface area contributed by atoms with Crippen molar-refractivity contribution in [3.63, 3.8) is 0 Å². The van der Waals surface area contributed by atoms with Crippen LogP contribution in [0.15, 0.2) is 18.2 Å². The fraction of sp³-hybridized carbons (Fsp3) is 0.200. The van der Waals surface area contributed by atoms with Crippen LogP contribution >= 0.6 is 0 Å². The normalized spacial score (nSPS) is 9.62. The van der Waals surface area contributed by atoms with E-state index in [0.29, 0.717) is 0 Å². The highest BCUT2D eigenvalue weighted by Crippen LogP contribution is 2.14. The summed E-state index contributed by atoms with van der Waals surface area (Å²) in [6.45, 7) is -0.508. The van der Waals surface area contributed by atoms with Gasteiger partial charge in [0.05, 0.1) is 12.7 Å². The lowest BCUT2D eigenvalue weighted by molar-refractivity contribution is -0.144. The number of carbonyl (C=O) groups excluding carboxylic acids is 2. The van der Waals surface area contributed by atoms with Gasteiger partial charge in [-0.3, -0.25) is 0 Å². The highest BCUT2D eigenvalue weighted by molar-refractivity contribution is 5.95. The Bertz CT molecular complexity index is 419. The zero-order valence-corrected chi connectivity index (χ0v) is 8.53. The van der Waals surface area contributed by atoms with Gasteiger partial charge < -0.3 is 15.2 Å². The second-order valence-electron chi connectivity index (χ2n) is 2.88. The Morgan fingerprint density at radius 2 is 2.12 bits per heavy atom. The van der Waals surface area contributed by atoms with E-state index in [1.165, 1.54) is 13.2 Å². The third-order valence-electron chi connectivity index (χ3n) is 1.78. The molecule has 2 N–H and O–H groups in total. The van der Waals surface area contributed by atoms with Gasteiger partial charge in [-0.05, 0) is 18.2 Å². The van der Waals surface area contributed by atoms with Gasteiger partial charge in [0.25, 0.3) is 0 Å². The van der Waals surface area contributed by atoms with E-state index in [-0.39, 0.29) is 11.3 Å². The summed E-state index contributed by atoms with van der Waals surface area (Å²) < 4.78 is 21.5. The quantitative estimate of drug-likeness (QED) is 0.608. The molecule has 16 heavy (non-hydrogen) atoms. The summed E-state index contributed by atoms with van der Waals surface area (Å²) in [7, 11) is 1.17. The van der Waals surface area contributed by atoms with Crippen molar-refractivity contribution in [2.24, 2.45) is 0 Å². The number of ether oxygens (including phenoxy) is 2. The van der Waals surface area contributed by atoms with Crippen LogP contribution in [0.3, 0.4) is 0 Å². The molecule has 5 nitrogen and oxygen atoms in total. The third-order valence-corrected chi connectivity index (χ3v) is 1.78. The molecule has 6 heteroatoms. The maximum Gasteiger partial charge on any atom is 0.344 e. The molecule has 0 radical (unpaired) electrons. The van der Waals surface area contributed by atoms with Crippen molar-refractivity contribution in [3.8, 4) is 0 Å². The fourth-order valence-corrected chi connectivity index (χ4v) is 0.981. The van der Waals surface area contributed by atoms with Crippen molar-refractivity contribution < 1.29 is 23.5 Å². The Kier molecular flexibility index (Phi) is 3.82. The molecule has 0 saturated heterocycles. The lowest BCUT2D eigenvalue weighted by Crippen LogP contribution is -2.16. The van der Waals surface area contributed by atoms with Crippen LogP contribution in [0.25, 0.3) is 0 Å². The molecule has 1 aromatic carbocycles. The molecule has 1 aromatic rings. The van der Waals surface area contributed by atoms with Gasteiger partial charge in [0, 0.05) is 5.69 Å². The molecule has 0 bridgehead atoms. The summed E-state index contributed by atoms with van der Waals surface area (Å²) >= 11 is 0. The fourth-order valence-electron chi connectivity index (χ4n) is 0.981. The van der Waals surface area contributed by atoms with Gasteiger partial charge in [0.1, 0.15) is 5.82 Å². The lowest BCUT2D eigenvalue weighted by atomic mass is 10.2. The molecular weight excluding hydrogens is 217 g/mol. The minimum absolute atomic E-state index is 0.00491. The summed E-state index contributed by atoms with van der Waals surface area (Å²) in [6, 6.07) is 3.25. The highest BCUT2D eigenvalue weighted by atomic mass is 19.1. The number of esters is 2. The zero-order chi connectivity index (χ0) is 12.1. The van der Waals surface area contributed by atoms with E-state index in [2.05, 4.69) is 9.47 Å². The van der Waals surface area contributed by atoms with Crippen LogP contribution in [0.2, 0.25) is 0 Å². The molecule has 0 aliphatic rings. The number of rotatable bonds is 3. The Balaban J connectivity index is 2.70. The largest absolute Gasteiger partial charge is 0.466 e. The molecule has 1 rings (SSSR count). The predicted octanol–water partition coefficient (Wildman–Crippen LogP) is 0.738. The topological polar surface area (TPSA) is 78.6 Å². The van der Waals surface area contributed by atoms with E-state index in [1.54, 1.807) is 0 Å². The Labute approximate surface area is 90.9 Å². The summed E-state index contributed by atoms with van der Waals surface area (Å²) in [4.78, 5) is 22.1.